The van der Waals surface area contributed by atoms with Crippen LogP contribution in [0.25, 0.3) is 11.1 Å². The zero-order valence-electron chi connectivity index (χ0n) is 20.9. The van der Waals surface area contributed by atoms with Gasteiger partial charge in [0.05, 0.1) is 6.54 Å². The molecular weight excluding hydrogens is 434 g/mol. The first-order chi connectivity index (χ1) is 17.0. The van der Waals surface area contributed by atoms with Crippen LogP contribution in [0.4, 0.5) is 0 Å². The monoisotopic (exact) mass is 469 g/mol. The highest BCUT2D eigenvalue weighted by molar-refractivity contribution is 5.99. The van der Waals surface area contributed by atoms with Gasteiger partial charge in [0, 0.05) is 54.7 Å². The van der Waals surface area contributed by atoms with Gasteiger partial charge in [-0.3, -0.25) is 14.5 Å². The number of carbonyl (C=O) groups excluding carboxylic acids is 2. The van der Waals surface area contributed by atoms with Crippen molar-refractivity contribution < 1.29 is 9.59 Å². The Morgan fingerprint density at radius 3 is 2.23 bits per heavy atom. The zero-order valence-corrected chi connectivity index (χ0v) is 20.9. The van der Waals surface area contributed by atoms with Crippen molar-refractivity contribution in [2.75, 3.05) is 32.7 Å². The van der Waals surface area contributed by atoms with Crippen LogP contribution in [0.5, 0.6) is 0 Å². The second kappa shape index (κ2) is 10.2. The van der Waals surface area contributed by atoms with E-state index >= 15 is 0 Å². The zero-order chi connectivity index (χ0) is 24.4. The van der Waals surface area contributed by atoms with Crippen molar-refractivity contribution in [2.45, 2.75) is 45.6 Å². The maximum atomic E-state index is 13.2. The number of carbonyl (C=O) groups is 2. The number of hydrogen-bond acceptors (Lipinski definition) is 3. The highest BCUT2D eigenvalue weighted by atomic mass is 16.2. The number of nitrogens with zero attached hydrogens (tertiary/aromatic N) is 3. The number of aromatic nitrogens is 1. The van der Waals surface area contributed by atoms with Crippen LogP contribution >= 0.6 is 0 Å². The molecule has 1 aliphatic carbocycles. The Balaban J connectivity index is 1.19. The topological polar surface area (TPSA) is 45.6 Å². The molecule has 5 heteroatoms. The molecular formula is C30H35N3O2. The third kappa shape index (κ3) is 4.96. The molecule has 2 aromatic carbocycles. The largest absolute Gasteiger partial charge is 0.345 e. The molecule has 1 aromatic heterocycles. The minimum absolute atomic E-state index is 0.0638. The van der Waals surface area contributed by atoms with Gasteiger partial charge in [-0.15, -0.1) is 0 Å². The third-order valence-electron chi connectivity index (χ3n) is 7.72. The Morgan fingerprint density at radius 2 is 1.51 bits per heavy atom. The smallest absolute Gasteiger partial charge is 0.253 e. The molecule has 5 nitrogen and oxygen atoms in total. The van der Waals surface area contributed by atoms with Gasteiger partial charge in [-0.2, -0.15) is 0 Å². The number of Topliss-reactive ketones (excluding diaryl/α,β-unsaturated/α-hetero) is 1. The predicted molar refractivity (Wildman–Crippen MR) is 140 cm³/mol. The predicted octanol–water partition coefficient (Wildman–Crippen LogP) is 5.53. The molecule has 5 rings (SSSR count). The fraction of sp³-hybridized carbons (Fsp3) is 0.400. The van der Waals surface area contributed by atoms with Crippen molar-refractivity contribution in [1.29, 1.82) is 0 Å². The second-order valence-electron chi connectivity index (χ2n) is 10.0. The van der Waals surface area contributed by atoms with E-state index < -0.39 is 0 Å². The lowest BCUT2D eigenvalue weighted by molar-refractivity contribution is 0.0624. The van der Waals surface area contributed by atoms with E-state index in [1.54, 1.807) is 0 Å². The van der Waals surface area contributed by atoms with Crippen molar-refractivity contribution in [3.8, 4) is 11.1 Å². The Hall–Kier alpha value is -3.18. The van der Waals surface area contributed by atoms with E-state index in [2.05, 4.69) is 41.5 Å². The quantitative estimate of drug-likeness (QED) is 0.446. The van der Waals surface area contributed by atoms with Crippen LogP contribution in [0.2, 0.25) is 0 Å². The van der Waals surface area contributed by atoms with Crippen LogP contribution in [0, 0.1) is 13.8 Å². The summed E-state index contributed by atoms with van der Waals surface area (Å²) in [4.78, 5) is 30.5. The molecule has 0 radical (unpaired) electrons. The average Bonchev–Trinajstić information content (AvgIpc) is 3.52. The number of piperazine rings is 1. The summed E-state index contributed by atoms with van der Waals surface area (Å²) in [6.45, 7) is 7.36. The lowest BCUT2D eigenvalue weighted by Crippen LogP contribution is -2.49. The van der Waals surface area contributed by atoms with Gasteiger partial charge in [0.15, 0.2) is 5.78 Å². The second-order valence-corrected chi connectivity index (χ2v) is 10.0. The lowest BCUT2D eigenvalue weighted by atomic mass is 10.0. The number of hydrogen-bond donors (Lipinski definition) is 0. The highest BCUT2D eigenvalue weighted by Crippen LogP contribution is 2.33. The van der Waals surface area contributed by atoms with E-state index in [-0.39, 0.29) is 11.7 Å². The minimum Gasteiger partial charge on any atom is -0.345 e. The minimum atomic E-state index is 0.0638. The Bertz CT molecular complexity index is 1200. The third-order valence-corrected chi connectivity index (χ3v) is 7.72. The van der Waals surface area contributed by atoms with E-state index in [0.29, 0.717) is 25.7 Å². The van der Waals surface area contributed by atoms with Gasteiger partial charge >= 0.3 is 0 Å². The van der Waals surface area contributed by atoms with E-state index in [9.17, 15) is 9.59 Å². The summed E-state index contributed by atoms with van der Waals surface area (Å²) >= 11 is 0. The normalized spacial score (nSPS) is 17.1. The van der Waals surface area contributed by atoms with Gasteiger partial charge in [-0.1, -0.05) is 55.3 Å². The molecule has 2 fully saturated rings. The molecule has 0 spiro atoms. The summed E-state index contributed by atoms with van der Waals surface area (Å²) in [5, 5.41) is 0. The lowest BCUT2D eigenvalue weighted by Gasteiger charge is -2.34. The Kier molecular flexibility index (Phi) is 6.87. The maximum Gasteiger partial charge on any atom is 0.253 e. The van der Waals surface area contributed by atoms with Gasteiger partial charge in [-0.05, 0) is 56.0 Å². The van der Waals surface area contributed by atoms with Crippen molar-refractivity contribution in [3.63, 3.8) is 0 Å². The number of ketones is 1. The van der Waals surface area contributed by atoms with Gasteiger partial charge in [-0.25, -0.2) is 0 Å². The summed E-state index contributed by atoms with van der Waals surface area (Å²) in [6, 6.07) is 20.6. The molecule has 0 atom stereocenters. The SMILES string of the molecule is Cc1cc(C(=O)CN2CCN(C(=O)c3cccc(-c4ccccc4)c3)CC2)c(C)n1C1CCCC1. The van der Waals surface area contributed by atoms with Crippen LogP contribution in [-0.4, -0.2) is 58.8 Å². The molecule has 1 aliphatic heterocycles. The number of rotatable bonds is 6. The van der Waals surface area contributed by atoms with Gasteiger partial charge in [0.1, 0.15) is 0 Å². The fourth-order valence-electron chi connectivity index (χ4n) is 5.83. The first-order valence-electron chi connectivity index (χ1n) is 12.9. The molecule has 3 aromatic rings. The molecule has 0 bridgehead atoms. The highest BCUT2D eigenvalue weighted by Gasteiger charge is 2.27. The summed E-state index contributed by atoms with van der Waals surface area (Å²) in [6.07, 6.45) is 5.00. The van der Waals surface area contributed by atoms with Crippen molar-refractivity contribution in [2.24, 2.45) is 0 Å². The Morgan fingerprint density at radius 1 is 0.829 bits per heavy atom. The number of benzene rings is 2. The van der Waals surface area contributed by atoms with Crippen LogP contribution in [0.3, 0.4) is 0 Å². The van der Waals surface area contributed by atoms with Gasteiger partial charge in [0.2, 0.25) is 0 Å². The summed E-state index contributed by atoms with van der Waals surface area (Å²) < 4.78 is 2.39. The Labute approximate surface area is 208 Å². The van der Waals surface area contributed by atoms with E-state index in [0.717, 1.165) is 41.0 Å². The average molecular weight is 470 g/mol. The summed E-state index contributed by atoms with van der Waals surface area (Å²) in [5.41, 5.74) is 6.06. The van der Waals surface area contributed by atoms with Crippen LogP contribution in [0.1, 0.15) is 63.8 Å². The standard InChI is InChI=1S/C30H35N3O2/c1-22-19-28(23(2)33(22)27-13-6-7-14-27)29(34)21-31-15-17-32(18-16-31)30(35)26-12-8-11-25(20-26)24-9-4-3-5-10-24/h3-5,8-12,19-20,27H,6-7,13-18,21H2,1-2H3. The molecule has 0 unspecified atom stereocenters. The number of amides is 1. The summed E-state index contributed by atoms with van der Waals surface area (Å²) in [7, 11) is 0. The molecule has 35 heavy (non-hydrogen) atoms. The van der Waals surface area contributed by atoms with Crippen LogP contribution in [0.15, 0.2) is 60.7 Å². The maximum absolute atomic E-state index is 13.2. The first-order valence-corrected chi connectivity index (χ1v) is 12.9. The van der Waals surface area contributed by atoms with Crippen LogP contribution in [-0.2, 0) is 0 Å². The van der Waals surface area contributed by atoms with Crippen molar-refractivity contribution >= 4 is 11.7 Å². The van der Waals surface area contributed by atoms with Gasteiger partial charge < -0.3 is 9.47 Å². The molecule has 1 saturated carbocycles. The molecule has 1 amide bonds. The fourth-order valence-corrected chi connectivity index (χ4v) is 5.83. The first kappa shape index (κ1) is 23.6. The van der Waals surface area contributed by atoms with Crippen molar-refractivity contribution in [3.05, 3.63) is 83.2 Å². The van der Waals surface area contributed by atoms with E-state index in [4.69, 9.17) is 0 Å². The molecule has 1 saturated heterocycles. The molecule has 182 valence electrons. The van der Waals surface area contributed by atoms with Crippen LogP contribution < -0.4 is 0 Å². The van der Waals surface area contributed by atoms with E-state index in [1.165, 1.54) is 31.4 Å². The van der Waals surface area contributed by atoms with Gasteiger partial charge in [0.25, 0.3) is 5.91 Å². The van der Waals surface area contributed by atoms with Crippen molar-refractivity contribution in [1.82, 2.24) is 14.4 Å². The summed E-state index contributed by atoms with van der Waals surface area (Å²) in [5.74, 6) is 0.256. The molecule has 2 aliphatic rings. The number of aryl methyl sites for hydroxylation is 1. The molecule has 0 N–H and O–H groups in total. The van der Waals surface area contributed by atoms with E-state index in [1.807, 2.05) is 47.4 Å². The molecule has 2 heterocycles.